The molecule has 1 aliphatic rings. The second-order valence-corrected chi connectivity index (χ2v) is 6.03. The van der Waals surface area contributed by atoms with Crippen LogP contribution < -0.4 is 4.72 Å². The number of rotatable bonds is 8. The second kappa shape index (κ2) is 5.25. The zero-order chi connectivity index (χ0) is 11.4. The minimum absolute atomic E-state index is 0.00128. The molecule has 0 amide bonds. The Labute approximate surface area is 90.9 Å². The Morgan fingerprint density at radius 3 is 2.60 bits per heavy atom. The molecule has 1 aliphatic carbocycles. The summed E-state index contributed by atoms with van der Waals surface area (Å²) < 4.78 is 30.1. The third-order valence-corrected chi connectivity index (χ3v) is 4.11. The fourth-order valence-electron chi connectivity index (χ4n) is 1.46. The first-order valence-electron chi connectivity index (χ1n) is 5.11. The van der Waals surface area contributed by atoms with Crippen LogP contribution in [0.1, 0.15) is 19.3 Å². The smallest absolute Gasteiger partial charge is 0.213 e. The topological polar surface area (TPSA) is 75.6 Å². The summed E-state index contributed by atoms with van der Waals surface area (Å²) in [5, 5.41) is 8.82. The molecule has 0 unspecified atom stereocenters. The maximum atomic E-state index is 11.4. The van der Waals surface area contributed by atoms with Crippen molar-refractivity contribution in [3.8, 4) is 0 Å². The molecule has 2 N–H and O–H groups in total. The lowest BCUT2D eigenvalue weighted by atomic mass is 10.0. The van der Waals surface area contributed by atoms with Crippen LogP contribution in [0.5, 0.6) is 0 Å². The zero-order valence-corrected chi connectivity index (χ0v) is 9.85. The number of methoxy groups -OCH3 is 1. The van der Waals surface area contributed by atoms with Gasteiger partial charge in [-0.3, -0.25) is 0 Å². The van der Waals surface area contributed by atoms with E-state index in [0.29, 0.717) is 13.0 Å². The minimum Gasteiger partial charge on any atom is -0.396 e. The van der Waals surface area contributed by atoms with Crippen LogP contribution in [0, 0.1) is 5.41 Å². The number of hydrogen-bond donors (Lipinski definition) is 2. The van der Waals surface area contributed by atoms with Crippen molar-refractivity contribution in [3.05, 3.63) is 0 Å². The number of sulfonamides is 1. The van der Waals surface area contributed by atoms with Gasteiger partial charge in [0.2, 0.25) is 10.0 Å². The van der Waals surface area contributed by atoms with E-state index in [0.717, 1.165) is 12.8 Å². The van der Waals surface area contributed by atoms with Crippen LogP contribution in [0.3, 0.4) is 0 Å². The normalized spacial score (nSPS) is 19.1. The van der Waals surface area contributed by atoms with Crippen LogP contribution in [-0.2, 0) is 14.8 Å². The van der Waals surface area contributed by atoms with Crippen molar-refractivity contribution in [1.29, 1.82) is 0 Å². The standard InChI is InChI=1S/C9H19NO4S/c1-14-6-7-15(12,13)10-8-9(2-3-9)4-5-11/h10-11H,2-8H2,1H3. The first kappa shape index (κ1) is 12.9. The van der Waals surface area contributed by atoms with Crippen molar-refractivity contribution in [2.45, 2.75) is 19.3 Å². The number of nitrogens with one attached hydrogen (secondary N) is 1. The third-order valence-electron chi connectivity index (χ3n) is 2.82. The Balaban J connectivity index is 2.30. The van der Waals surface area contributed by atoms with E-state index in [1.165, 1.54) is 7.11 Å². The van der Waals surface area contributed by atoms with Gasteiger partial charge in [-0.1, -0.05) is 0 Å². The Hall–Kier alpha value is -0.170. The van der Waals surface area contributed by atoms with Gasteiger partial charge in [-0.15, -0.1) is 0 Å². The Morgan fingerprint density at radius 1 is 1.47 bits per heavy atom. The highest BCUT2D eigenvalue weighted by Crippen LogP contribution is 2.47. The molecular formula is C9H19NO4S. The second-order valence-electron chi connectivity index (χ2n) is 4.11. The molecule has 0 aromatic heterocycles. The molecule has 0 aromatic rings. The lowest BCUT2D eigenvalue weighted by molar-refractivity contribution is 0.216. The quantitative estimate of drug-likeness (QED) is 0.608. The summed E-state index contributed by atoms with van der Waals surface area (Å²) in [6.07, 6.45) is 2.68. The average Bonchev–Trinajstić information content (AvgIpc) is 2.94. The third kappa shape index (κ3) is 4.46. The molecule has 5 nitrogen and oxygen atoms in total. The first-order chi connectivity index (χ1) is 7.04. The van der Waals surface area contributed by atoms with Gasteiger partial charge in [-0.05, 0) is 24.7 Å². The highest BCUT2D eigenvalue weighted by atomic mass is 32.2. The van der Waals surface area contributed by atoms with Gasteiger partial charge in [0.15, 0.2) is 0 Å². The van der Waals surface area contributed by atoms with Gasteiger partial charge in [0, 0.05) is 20.3 Å². The maximum Gasteiger partial charge on any atom is 0.213 e. The van der Waals surface area contributed by atoms with E-state index >= 15 is 0 Å². The summed E-state index contributed by atoms with van der Waals surface area (Å²) in [6, 6.07) is 0. The highest BCUT2D eigenvalue weighted by molar-refractivity contribution is 7.89. The fourth-order valence-corrected chi connectivity index (χ4v) is 2.51. The SMILES string of the molecule is COCCS(=O)(=O)NCC1(CCO)CC1. The van der Waals surface area contributed by atoms with Gasteiger partial charge in [0.05, 0.1) is 12.4 Å². The minimum atomic E-state index is -3.21. The number of aliphatic hydroxyl groups is 1. The molecule has 15 heavy (non-hydrogen) atoms. The van der Waals surface area contributed by atoms with Gasteiger partial charge in [0.25, 0.3) is 0 Å². The molecule has 0 aromatic carbocycles. The van der Waals surface area contributed by atoms with Crippen LogP contribution in [0.4, 0.5) is 0 Å². The summed E-state index contributed by atoms with van der Waals surface area (Å²) in [5.74, 6) is -0.00128. The van der Waals surface area contributed by atoms with Crippen molar-refractivity contribution in [3.63, 3.8) is 0 Å². The Kier molecular flexibility index (Phi) is 4.51. The lowest BCUT2D eigenvalue weighted by Gasteiger charge is -2.14. The predicted octanol–water partition coefficient (Wildman–Crippen LogP) is -0.285. The van der Waals surface area contributed by atoms with Crippen molar-refractivity contribution >= 4 is 10.0 Å². The summed E-state index contributed by atoms with van der Waals surface area (Å²) in [6.45, 7) is 0.780. The van der Waals surface area contributed by atoms with Crippen LogP contribution in [0.25, 0.3) is 0 Å². The van der Waals surface area contributed by atoms with Crippen molar-refractivity contribution in [2.24, 2.45) is 5.41 Å². The van der Waals surface area contributed by atoms with Crippen molar-refractivity contribution in [2.75, 3.05) is 32.6 Å². The van der Waals surface area contributed by atoms with E-state index in [9.17, 15) is 8.42 Å². The molecule has 0 radical (unpaired) electrons. The summed E-state index contributed by atoms with van der Waals surface area (Å²) in [4.78, 5) is 0. The number of aliphatic hydroxyl groups excluding tert-OH is 1. The Morgan fingerprint density at radius 2 is 2.13 bits per heavy atom. The summed E-state index contributed by atoms with van der Waals surface area (Å²) in [5.41, 5.74) is 0.0227. The van der Waals surface area contributed by atoms with Crippen LogP contribution in [-0.4, -0.2) is 46.1 Å². The molecule has 0 spiro atoms. The molecule has 1 saturated carbocycles. The average molecular weight is 237 g/mol. The van der Waals surface area contributed by atoms with Gasteiger partial charge in [-0.2, -0.15) is 0 Å². The van der Waals surface area contributed by atoms with Gasteiger partial charge < -0.3 is 9.84 Å². The molecule has 0 heterocycles. The van der Waals surface area contributed by atoms with E-state index in [1.807, 2.05) is 0 Å². The molecule has 0 atom stereocenters. The molecular weight excluding hydrogens is 218 g/mol. The Bertz CT molecular complexity index is 284. The van der Waals surface area contributed by atoms with Gasteiger partial charge in [0.1, 0.15) is 0 Å². The number of ether oxygens (including phenoxy) is 1. The molecule has 0 saturated heterocycles. The monoisotopic (exact) mass is 237 g/mol. The zero-order valence-electron chi connectivity index (χ0n) is 9.03. The highest BCUT2D eigenvalue weighted by Gasteiger charge is 2.42. The maximum absolute atomic E-state index is 11.4. The first-order valence-corrected chi connectivity index (χ1v) is 6.76. The van der Waals surface area contributed by atoms with E-state index in [1.54, 1.807) is 0 Å². The predicted molar refractivity (Wildman–Crippen MR) is 57.0 cm³/mol. The molecule has 1 rings (SSSR count). The van der Waals surface area contributed by atoms with Gasteiger partial charge >= 0.3 is 0 Å². The largest absolute Gasteiger partial charge is 0.396 e. The van der Waals surface area contributed by atoms with Crippen LogP contribution in [0.2, 0.25) is 0 Å². The molecule has 0 aliphatic heterocycles. The van der Waals surface area contributed by atoms with Crippen LogP contribution in [0.15, 0.2) is 0 Å². The van der Waals surface area contributed by atoms with Crippen molar-refractivity contribution < 1.29 is 18.3 Å². The van der Waals surface area contributed by atoms with E-state index in [-0.39, 0.29) is 24.4 Å². The molecule has 0 bridgehead atoms. The number of hydrogen-bond acceptors (Lipinski definition) is 4. The summed E-state index contributed by atoms with van der Waals surface area (Å²) >= 11 is 0. The lowest BCUT2D eigenvalue weighted by Crippen LogP contribution is -2.33. The van der Waals surface area contributed by atoms with E-state index < -0.39 is 10.0 Å². The molecule has 1 fully saturated rings. The van der Waals surface area contributed by atoms with Gasteiger partial charge in [-0.25, -0.2) is 13.1 Å². The summed E-state index contributed by atoms with van der Waals surface area (Å²) in [7, 11) is -1.74. The van der Waals surface area contributed by atoms with Crippen LogP contribution >= 0.6 is 0 Å². The van der Waals surface area contributed by atoms with Crippen molar-refractivity contribution in [1.82, 2.24) is 4.72 Å². The van der Waals surface area contributed by atoms with E-state index in [4.69, 9.17) is 9.84 Å². The molecule has 90 valence electrons. The van der Waals surface area contributed by atoms with E-state index in [2.05, 4.69) is 4.72 Å². The fraction of sp³-hybridized carbons (Fsp3) is 1.00. The molecule has 6 heteroatoms.